The van der Waals surface area contributed by atoms with E-state index in [2.05, 4.69) is 16.3 Å². The summed E-state index contributed by atoms with van der Waals surface area (Å²) in [6.45, 7) is 3.30. The second-order valence-electron chi connectivity index (χ2n) is 5.03. The molecule has 1 aliphatic heterocycles. The van der Waals surface area contributed by atoms with Gasteiger partial charge in [-0.15, -0.1) is 0 Å². The first-order chi connectivity index (χ1) is 9.24. The van der Waals surface area contributed by atoms with Gasteiger partial charge in [0.05, 0.1) is 12.2 Å². The zero-order valence-electron chi connectivity index (χ0n) is 11.0. The molecule has 19 heavy (non-hydrogen) atoms. The summed E-state index contributed by atoms with van der Waals surface area (Å²) < 4.78 is 2.04. The number of likely N-dealkylation sites (tertiary alicyclic amines) is 1. The van der Waals surface area contributed by atoms with Gasteiger partial charge in [0.1, 0.15) is 0 Å². The van der Waals surface area contributed by atoms with E-state index in [1.54, 1.807) is 6.92 Å². The number of hydrogen-bond acceptors (Lipinski definition) is 2. The summed E-state index contributed by atoms with van der Waals surface area (Å²) >= 11 is 0. The number of aromatic amines is 1. The molecule has 0 aliphatic carbocycles. The molecule has 1 N–H and O–H groups in total. The Hall–Kier alpha value is -2.04. The number of nitrogens with zero attached hydrogens (tertiary/aromatic N) is 3. The van der Waals surface area contributed by atoms with Crippen molar-refractivity contribution in [3.8, 4) is 11.3 Å². The van der Waals surface area contributed by atoms with Crippen molar-refractivity contribution in [2.45, 2.75) is 25.8 Å². The Labute approximate surface area is 112 Å². The number of piperidine rings is 1. The van der Waals surface area contributed by atoms with Crippen LogP contribution in [-0.4, -0.2) is 38.7 Å². The van der Waals surface area contributed by atoms with Gasteiger partial charge in [-0.2, -0.15) is 5.10 Å². The first-order valence-electron chi connectivity index (χ1n) is 6.67. The number of aromatic nitrogens is 3. The highest BCUT2D eigenvalue weighted by atomic mass is 16.2. The van der Waals surface area contributed by atoms with E-state index in [0.717, 1.165) is 37.2 Å². The number of H-pyrrole nitrogens is 1. The zero-order valence-corrected chi connectivity index (χ0v) is 11.0. The van der Waals surface area contributed by atoms with Crippen LogP contribution in [0.15, 0.2) is 30.7 Å². The number of rotatable bonds is 2. The van der Waals surface area contributed by atoms with Crippen molar-refractivity contribution in [1.29, 1.82) is 0 Å². The second kappa shape index (κ2) is 4.91. The minimum Gasteiger partial charge on any atom is -0.361 e. The molecule has 0 spiro atoms. The minimum atomic E-state index is 0.172. The van der Waals surface area contributed by atoms with Crippen molar-refractivity contribution < 1.29 is 4.79 Å². The lowest BCUT2D eigenvalue weighted by Crippen LogP contribution is -2.37. The molecule has 0 atom stereocenters. The van der Waals surface area contributed by atoms with Crippen molar-refractivity contribution in [3.05, 3.63) is 30.7 Å². The van der Waals surface area contributed by atoms with Crippen LogP contribution in [0, 0.1) is 0 Å². The van der Waals surface area contributed by atoms with E-state index in [1.807, 2.05) is 34.1 Å². The maximum absolute atomic E-state index is 11.3. The Bertz CT molecular complexity index is 550. The predicted molar refractivity (Wildman–Crippen MR) is 72.5 cm³/mol. The van der Waals surface area contributed by atoms with Crippen molar-refractivity contribution in [2.24, 2.45) is 0 Å². The molecule has 3 heterocycles. The lowest BCUT2D eigenvalue weighted by atomic mass is 10.1. The predicted octanol–water partition coefficient (Wildman–Crippen LogP) is 2.06. The first kappa shape index (κ1) is 12.0. The van der Waals surface area contributed by atoms with Crippen LogP contribution in [0.1, 0.15) is 25.8 Å². The van der Waals surface area contributed by atoms with Gasteiger partial charge in [0.2, 0.25) is 5.91 Å². The smallest absolute Gasteiger partial charge is 0.219 e. The van der Waals surface area contributed by atoms with Crippen molar-refractivity contribution in [1.82, 2.24) is 19.7 Å². The highest BCUT2D eigenvalue weighted by Gasteiger charge is 2.22. The monoisotopic (exact) mass is 258 g/mol. The Morgan fingerprint density at radius 1 is 1.42 bits per heavy atom. The molecule has 5 nitrogen and oxygen atoms in total. The van der Waals surface area contributed by atoms with Gasteiger partial charge in [-0.3, -0.25) is 9.48 Å². The fraction of sp³-hybridized carbons (Fsp3) is 0.429. The summed E-state index contributed by atoms with van der Waals surface area (Å²) in [7, 11) is 0. The first-order valence-corrected chi connectivity index (χ1v) is 6.67. The number of nitrogens with one attached hydrogen (secondary N) is 1. The molecule has 2 aromatic heterocycles. The van der Waals surface area contributed by atoms with Gasteiger partial charge in [0.15, 0.2) is 0 Å². The van der Waals surface area contributed by atoms with Crippen LogP contribution < -0.4 is 0 Å². The molecule has 100 valence electrons. The second-order valence-corrected chi connectivity index (χ2v) is 5.03. The van der Waals surface area contributed by atoms with E-state index in [1.165, 1.54) is 0 Å². The normalized spacial score (nSPS) is 16.8. The van der Waals surface area contributed by atoms with Crippen LogP contribution in [-0.2, 0) is 4.79 Å². The number of hydrogen-bond donors (Lipinski definition) is 1. The van der Waals surface area contributed by atoms with Gasteiger partial charge in [-0.05, 0) is 25.0 Å². The Kier molecular flexibility index (Phi) is 3.11. The number of carbonyl (C=O) groups is 1. The Morgan fingerprint density at radius 3 is 2.84 bits per heavy atom. The van der Waals surface area contributed by atoms with Gasteiger partial charge >= 0.3 is 0 Å². The average molecular weight is 258 g/mol. The van der Waals surface area contributed by atoms with Gasteiger partial charge < -0.3 is 9.88 Å². The van der Waals surface area contributed by atoms with Crippen LogP contribution in [0.2, 0.25) is 0 Å². The molecule has 1 fully saturated rings. The quantitative estimate of drug-likeness (QED) is 0.896. The fourth-order valence-electron chi connectivity index (χ4n) is 2.63. The Balaban J connectivity index is 1.69. The van der Waals surface area contributed by atoms with Crippen LogP contribution >= 0.6 is 0 Å². The summed E-state index contributed by atoms with van der Waals surface area (Å²) in [5.74, 6) is 0.172. The summed E-state index contributed by atoms with van der Waals surface area (Å²) in [6, 6.07) is 4.43. The van der Waals surface area contributed by atoms with E-state index in [-0.39, 0.29) is 5.91 Å². The van der Waals surface area contributed by atoms with Crippen molar-refractivity contribution >= 4 is 5.91 Å². The number of amides is 1. The molecule has 0 aromatic carbocycles. The topological polar surface area (TPSA) is 53.9 Å². The average Bonchev–Trinajstić information content (AvgIpc) is 3.10. The molecule has 1 saturated heterocycles. The highest BCUT2D eigenvalue weighted by Crippen LogP contribution is 2.24. The fourth-order valence-corrected chi connectivity index (χ4v) is 2.63. The molecule has 5 heteroatoms. The van der Waals surface area contributed by atoms with Crippen LogP contribution in [0.25, 0.3) is 11.3 Å². The number of carbonyl (C=O) groups excluding carboxylic acids is 1. The van der Waals surface area contributed by atoms with Crippen molar-refractivity contribution in [2.75, 3.05) is 13.1 Å². The van der Waals surface area contributed by atoms with Crippen LogP contribution in [0.3, 0.4) is 0 Å². The molecule has 2 aromatic rings. The van der Waals surface area contributed by atoms with E-state index in [4.69, 9.17) is 0 Å². The maximum atomic E-state index is 11.3. The molecule has 3 rings (SSSR count). The SMILES string of the molecule is CC(=O)N1CCC(n2cc(-c3ccc[nH]3)cn2)CC1. The molecule has 1 aliphatic rings. The van der Waals surface area contributed by atoms with E-state index < -0.39 is 0 Å². The largest absolute Gasteiger partial charge is 0.361 e. The molecular weight excluding hydrogens is 240 g/mol. The standard InChI is InChI=1S/C14H18N4O/c1-11(19)17-7-4-13(5-8-17)18-10-12(9-16-18)14-3-2-6-15-14/h2-3,6,9-10,13,15H,4-5,7-8H2,1H3. The molecule has 0 bridgehead atoms. The van der Waals surface area contributed by atoms with Gasteiger partial charge in [0, 0.05) is 43.7 Å². The molecule has 0 unspecified atom stereocenters. The minimum absolute atomic E-state index is 0.172. The van der Waals surface area contributed by atoms with E-state index >= 15 is 0 Å². The summed E-state index contributed by atoms with van der Waals surface area (Å²) in [6.07, 6.45) is 7.85. The maximum Gasteiger partial charge on any atom is 0.219 e. The zero-order chi connectivity index (χ0) is 13.2. The molecule has 0 saturated carbocycles. The summed E-state index contributed by atoms with van der Waals surface area (Å²) in [5.41, 5.74) is 2.20. The highest BCUT2D eigenvalue weighted by molar-refractivity contribution is 5.73. The Morgan fingerprint density at radius 2 is 2.21 bits per heavy atom. The van der Waals surface area contributed by atoms with E-state index in [9.17, 15) is 4.79 Å². The van der Waals surface area contributed by atoms with Crippen LogP contribution in [0.4, 0.5) is 0 Å². The summed E-state index contributed by atoms with van der Waals surface area (Å²) in [5, 5.41) is 4.46. The molecule has 1 amide bonds. The third-order valence-corrected chi connectivity index (χ3v) is 3.79. The lowest BCUT2D eigenvalue weighted by molar-refractivity contribution is -0.130. The third kappa shape index (κ3) is 2.41. The summed E-state index contributed by atoms with van der Waals surface area (Å²) in [4.78, 5) is 16.4. The lowest BCUT2D eigenvalue weighted by Gasteiger charge is -2.31. The molecular formula is C14H18N4O. The van der Waals surface area contributed by atoms with Crippen molar-refractivity contribution in [3.63, 3.8) is 0 Å². The van der Waals surface area contributed by atoms with E-state index in [0.29, 0.717) is 6.04 Å². The van der Waals surface area contributed by atoms with Gasteiger partial charge in [-0.25, -0.2) is 0 Å². The molecule has 0 radical (unpaired) electrons. The third-order valence-electron chi connectivity index (χ3n) is 3.79. The van der Waals surface area contributed by atoms with Gasteiger partial charge in [0.25, 0.3) is 0 Å². The van der Waals surface area contributed by atoms with Gasteiger partial charge in [-0.1, -0.05) is 0 Å². The van der Waals surface area contributed by atoms with Crippen LogP contribution in [0.5, 0.6) is 0 Å².